The zero-order valence-corrected chi connectivity index (χ0v) is 16.7. The summed E-state index contributed by atoms with van der Waals surface area (Å²) in [6, 6.07) is 6.69. The quantitative estimate of drug-likeness (QED) is 0.158. The van der Waals surface area contributed by atoms with Crippen LogP contribution >= 0.6 is 0 Å². The Morgan fingerprint density at radius 3 is 2.63 bits per heavy atom. The number of aldehydes is 1. The third-order valence-corrected chi connectivity index (χ3v) is 3.43. The van der Waals surface area contributed by atoms with Gasteiger partial charge in [0.2, 0.25) is 5.95 Å². The summed E-state index contributed by atoms with van der Waals surface area (Å²) in [5.41, 5.74) is 17.4. The summed E-state index contributed by atoms with van der Waals surface area (Å²) in [4.78, 5) is 34.2. The van der Waals surface area contributed by atoms with Crippen LogP contribution in [0.3, 0.4) is 0 Å². The smallest absolute Gasteiger partial charge is 0.254 e. The first-order valence-electron chi connectivity index (χ1n) is 8.82. The number of aliphatic hydroxyl groups is 1. The van der Waals surface area contributed by atoms with Gasteiger partial charge >= 0.3 is 0 Å². The molecule has 1 amide bonds. The summed E-state index contributed by atoms with van der Waals surface area (Å²) in [5.74, 6) is 0.240. The van der Waals surface area contributed by atoms with E-state index in [1.54, 1.807) is 31.3 Å². The van der Waals surface area contributed by atoms with Gasteiger partial charge in [-0.05, 0) is 19.1 Å². The van der Waals surface area contributed by atoms with Crippen LogP contribution in [0, 0.1) is 0 Å². The molecule has 0 aliphatic heterocycles. The van der Waals surface area contributed by atoms with E-state index >= 15 is 0 Å². The van der Waals surface area contributed by atoms with Crippen LogP contribution < -0.4 is 27.8 Å². The van der Waals surface area contributed by atoms with E-state index in [9.17, 15) is 9.59 Å². The first kappa shape index (κ1) is 24.0. The maximum absolute atomic E-state index is 11.5. The van der Waals surface area contributed by atoms with E-state index in [2.05, 4.69) is 25.6 Å². The van der Waals surface area contributed by atoms with Gasteiger partial charge in [-0.3, -0.25) is 14.6 Å². The summed E-state index contributed by atoms with van der Waals surface area (Å²) < 4.78 is 0. The molecule has 2 aromatic rings. The first-order valence-corrected chi connectivity index (χ1v) is 8.82. The number of amides is 1. The number of aromatic nitrogens is 2. The Morgan fingerprint density at radius 1 is 1.37 bits per heavy atom. The van der Waals surface area contributed by atoms with Crippen molar-refractivity contribution in [2.24, 2.45) is 22.2 Å². The van der Waals surface area contributed by atoms with E-state index in [0.717, 1.165) is 12.5 Å². The molecule has 1 atom stereocenters. The van der Waals surface area contributed by atoms with Gasteiger partial charge in [-0.15, -0.1) is 0 Å². The van der Waals surface area contributed by atoms with Crippen molar-refractivity contribution in [3.8, 4) is 0 Å². The van der Waals surface area contributed by atoms with Gasteiger partial charge in [-0.2, -0.15) is 4.98 Å². The van der Waals surface area contributed by atoms with Crippen molar-refractivity contribution < 1.29 is 14.7 Å². The van der Waals surface area contributed by atoms with Crippen LogP contribution in [0.1, 0.15) is 27.6 Å². The molecule has 30 heavy (non-hydrogen) atoms. The van der Waals surface area contributed by atoms with Gasteiger partial charge < -0.3 is 32.9 Å². The summed E-state index contributed by atoms with van der Waals surface area (Å²) in [6.07, 6.45) is 4.23. The van der Waals surface area contributed by atoms with Gasteiger partial charge in [-0.1, -0.05) is 12.1 Å². The van der Waals surface area contributed by atoms with E-state index < -0.39 is 5.91 Å². The van der Waals surface area contributed by atoms with Gasteiger partial charge in [0, 0.05) is 43.2 Å². The lowest BCUT2D eigenvalue weighted by atomic mass is 10.2. The van der Waals surface area contributed by atoms with E-state index in [1.807, 2.05) is 6.92 Å². The lowest BCUT2D eigenvalue weighted by Crippen LogP contribution is -2.26. The molecule has 0 aliphatic rings. The van der Waals surface area contributed by atoms with Crippen molar-refractivity contribution in [2.45, 2.75) is 13.0 Å². The van der Waals surface area contributed by atoms with Crippen LogP contribution in [0.25, 0.3) is 0 Å². The van der Waals surface area contributed by atoms with Crippen LogP contribution in [0.4, 0.5) is 17.5 Å². The van der Waals surface area contributed by atoms with Gasteiger partial charge in [0.1, 0.15) is 23.5 Å². The van der Waals surface area contributed by atoms with Crippen molar-refractivity contribution in [1.82, 2.24) is 9.97 Å². The SMILES string of the molecule is CC(N)CNc1ncc(C(N)=O)c(Nc2cccc(C=O)c2)n1.CN=C(N)/C=C\O. The van der Waals surface area contributed by atoms with Crippen LogP contribution in [-0.2, 0) is 0 Å². The molecule has 0 aliphatic carbocycles. The number of benzene rings is 1. The van der Waals surface area contributed by atoms with E-state index in [-0.39, 0.29) is 17.4 Å². The zero-order chi connectivity index (χ0) is 22.5. The van der Waals surface area contributed by atoms with Crippen molar-refractivity contribution in [3.05, 3.63) is 53.9 Å². The number of carbonyl (C=O) groups is 2. The molecule has 160 valence electrons. The molecular weight excluding hydrogens is 388 g/mol. The number of aliphatic imine (C=N–C) groups is 1. The van der Waals surface area contributed by atoms with Gasteiger partial charge in [0.05, 0.1) is 6.26 Å². The fourth-order valence-electron chi connectivity index (χ4n) is 1.97. The molecule has 1 aromatic heterocycles. The second-order valence-corrected chi connectivity index (χ2v) is 6.01. The summed E-state index contributed by atoms with van der Waals surface area (Å²) in [6.45, 7) is 2.32. The Bertz CT molecular complexity index is 912. The van der Waals surface area contributed by atoms with Gasteiger partial charge in [0.15, 0.2) is 0 Å². The lowest BCUT2D eigenvalue weighted by Gasteiger charge is -2.12. The van der Waals surface area contributed by atoms with Crippen molar-refractivity contribution in [1.29, 1.82) is 0 Å². The Morgan fingerprint density at radius 2 is 2.10 bits per heavy atom. The Kier molecular flexibility index (Phi) is 9.99. The van der Waals surface area contributed by atoms with Crippen molar-refractivity contribution >= 4 is 35.5 Å². The highest BCUT2D eigenvalue weighted by Gasteiger charge is 2.13. The molecule has 0 saturated carbocycles. The molecule has 2 rings (SSSR count). The number of hydrogen-bond donors (Lipinski definition) is 6. The maximum Gasteiger partial charge on any atom is 0.254 e. The lowest BCUT2D eigenvalue weighted by molar-refractivity contribution is 0.1000. The average molecular weight is 414 g/mol. The van der Waals surface area contributed by atoms with Crippen LogP contribution in [0.15, 0.2) is 47.8 Å². The van der Waals surface area contributed by atoms with E-state index in [0.29, 0.717) is 29.6 Å². The topological polar surface area (TPSA) is 195 Å². The third kappa shape index (κ3) is 8.35. The fourth-order valence-corrected chi connectivity index (χ4v) is 1.97. The minimum absolute atomic E-state index is 0.0740. The van der Waals surface area contributed by atoms with Crippen molar-refractivity contribution in [3.63, 3.8) is 0 Å². The highest BCUT2D eigenvalue weighted by molar-refractivity contribution is 5.98. The number of anilines is 3. The largest absolute Gasteiger partial charge is 0.515 e. The number of primary amides is 1. The van der Waals surface area contributed by atoms with Gasteiger partial charge in [0.25, 0.3) is 5.91 Å². The summed E-state index contributed by atoms with van der Waals surface area (Å²) in [5, 5.41) is 14.0. The second kappa shape index (κ2) is 12.5. The predicted octanol–water partition coefficient (Wildman–Crippen LogP) is 0.936. The predicted molar refractivity (Wildman–Crippen MR) is 117 cm³/mol. The molecule has 0 radical (unpaired) electrons. The van der Waals surface area contributed by atoms with Gasteiger partial charge in [-0.25, -0.2) is 4.98 Å². The van der Waals surface area contributed by atoms with E-state index in [1.165, 1.54) is 12.3 Å². The molecule has 0 saturated heterocycles. The standard InChI is InChI=1S/C15H18N6O2.C4H8N2O/c1-9(16)6-18-15-19-7-12(13(17)23)14(21-15)20-11-4-2-3-10(5-11)8-22;1-6-4(5)2-3-7/h2-5,7-9H,6,16H2,1H3,(H2,17,23)(H2,18,19,20,21);2-3,7H,1H3,(H2,5,6)/b;3-2-. The molecule has 1 aromatic carbocycles. The fraction of sp³-hybridized carbons (Fsp3) is 0.211. The number of amidine groups is 1. The average Bonchev–Trinajstić information content (AvgIpc) is 2.73. The summed E-state index contributed by atoms with van der Waals surface area (Å²) >= 11 is 0. The number of carbonyl (C=O) groups excluding carboxylic acids is 2. The molecule has 9 N–H and O–H groups in total. The third-order valence-electron chi connectivity index (χ3n) is 3.43. The van der Waals surface area contributed by atoms with Crippen LogP contribution in [0.2, 0.25) is 0 Å². The number of rotatable bonds is 8. The Hall–Kier alpha value is -3.99. The summed E-state index contributed by atoms with van der Waals surface area (Å²) in [7, 11) is 1.55. The Labute approximate surface area is 174 Å². The normalized spacial score (nSPS) is 11.9. The Balaban J connectivity index is 0.000000553. The molecule has 0 fully saturated rings. The van der Waals surface area contributed by atoms with E-state index in [4.69, 9.17) is 22.3 Å². The molecule has 11 nitrogen and oxygen atoms in total. The molecule has 11 heteroatoms. The van der Waals surface area contributed by atoms with Crippen LogP contribution in [-0.4, -0.2) is 52.7 Å². The van der Waals surface area contributed by atoms with Crippen LogP contribution in [0.5, 0.6) is 0 Å². The monoisotopic (exact) mass is 414 g/mol. The first-order chi connectivity index (χ1) is 14.3. The molecule has 1 heterocycles. The molecular formula is C19H26N8O3. The highest BCUT2D eigenvalue weighted by atomic mass is 16.2. The molecule has 0 bridgehead atoms. The number of nitrogens with two attached hydrogens (primary N) is 3. The minimum atomic E-state index is -0.655. The maximum atomic E-state index is 11.5. The number of hydrogen-bond acceptors (Lipinski definition) is 9. The molecule has 1 unspecified atom stereocenters. The van der Waals surface area contributed by atoms with Crippen molar-refractivity contribution in [2.75, 3.05) is 24.2 Å². The molecule has 0 spiro atoms. The highest BCUT2D eigenvalue weighted by Crippen LogP contribution is 2.20. The number of nitrogens with zero attached hydrogens (tertiary/aromatic N) is 3. The minimum Gasteiger partial charge on any atom is -0.515 e. The zero-order valence-electron chi connectivity index (χ0n) is 16.7. The number of aliphatic hydroxyl groups excluding tert-OH is 1. The number of nitrogens with one attached hydrogen (secondary N) is 2. The second-order valence-electron chi connectivity index (χ2n) is 6.01.